The molecule has 0 bridgehead atoms. The van der Waals surface area contributed by atoms with E-state index >= 15 is 0 Å². The molecule has 1 aromatic carbocycles. The summed E-state index contributed by atoms with van der Waals surface area (Å²) in [4.78, 5) is 23.2. The van der Waals surface area contributed by atoms with Crippen molar-refractivity contribution in [2.45, 2.75) is 26.4 Å². The smallest absolute Gasteiger partial charge is 0.337 e. The van der Waals surface area contributed by atoms with Crippen LogP contribution in [0.25, 0.3) is 0 Å². The van der Waals surface area contributed by atoms with Gasteiger partial charge in [0.05, 0.1) is 11.3 Å². The summed E-state index contributed by atoms with van der Waals surface area (Å²) in [6.45, 7) is 4.32. The predicted octanol–water partition coefficient (Wildman–Crippen LogP) is 2.06. The standard InChI is InChI=1S/C14H17NO4/c1-8-3-4-11(10(7-8)14(17)18)15-13(16)12-9(2)5-6-19-12/h3-4,7,9,12H,5-6H2,1-2H3,(H,15,16)(H,17,18). The van der Waals surface area contributed by atoms with Crippen molar-refractivity contribution in [3.8, 4) is 0 Å². The Morgan fingerprint density at radius 3 is 2.74 bits per heavy atom. The van der Waals surface area contributed by atoms with Crippen molar-refractivity contribution >= 4 is 17.6 Å². The summed E-state index contributed by atoms with van der Waals surface area (Å²) in [6, 6.07) is 4.91. The molecule has 0 radical (unpaired) electrons. The Morgan fingerprint density at radius 2 is 2.16 bits per heavy atom. The van der Waals surface area contributed by atoms with Gasteiger partial charge >= 0.3 is 5.97 Å². The first-order valence-electron chi connectivity index (χ1n) is 6.25. The van der Waals surface area contributed by atoms with E-state index in [-0.39, 0.29) is 17.4 Å². The molecule has 0 saturated carbocycles. The molecule has 19 heavy (non-hydrogen) atoms. The van der Waals surface area contributed by atoms with Gasteiger partial charge < -0.3 is 15.2 Å². The maximum Gasteiger partial charge on any atom is 0.337 e. The maximum absolute atomic E-state index is 12.1. The van der Waals surface area contributed by atoms with Crippen LogP contribution in [0.15, 0.2) is 18.2 Å². The first-order chi connectivity index (χ1) is 8.99. The van der Waals surface area contributed by atoms with Gasteiger partial charge in [0.25, 0.3) is 5.91 Å². The highest BCUT2D eigenvalue weighted by molar-refractivity contribution is 6.02. The van der Waals surface area contributed by atoms with Gasteiger partial charge in [-0.1, -0.05) is 18.6 Å². The van der Waals surface area contributed by atoms with Crippen molar-refractivity contribution in [2.24, 2.45) is 5.92 Å². The normalized spacial score (nSPS) is 22.2. The highest BCUT2D eigenvalue weighted by Crippen LogP contribution is 2.23. The lowest BCUT2D eigenvalue weighted by molar-refractivity contribution is -0.126. The van der Waals surface area contributed by atoms with E-state index in [1.807, 2.05) is 6.92 Å². The third-order valence-electron chi connectivity index (χ3n) is 3.31. The Morgan fingerprint density at radius 1 is 1.42 bits per heavy atom. The van der Waals surface area contributed by atoms with Crippen LogP contribution in [0.3, 0.4) is 0 Å². The molecule has 1 aliphatic heterocycles. The molecule has 0 spiro atoms. The molecule has 0 aromatic heterocycles. The minimum atomic E-state index is -1.06. The molecule has 1 amide bonds. The van der Waals surface area contributed by atoms with Gasteiger partial charge in [0.2, 0.25) is 0 Å². The van der Waals surface area contributed by atoms with Crippen molar-refractivity contribution in [1.29, 1.82) is 0 Å². The van der Waals surface area contributed by atoms with Crippen LogP contribution in [-0.2, 0) is 9.53 Å². The number of carbonyl (C=O) groups is 2. The number of hydrogen-bond acceptors (Lipinski definition) is 3. The molecule has 1 fully saturated rings. The van der Waals surface area contributed by atoms with E-state index in [0.29, 0.717) is 12.3 Å². The molecule has 2 N–H and O–H groups in total. The maximum atomic E-state index is 12.1. The molecule has 2 unspecified atom stereocenters. The van der Waals surface area contributed by atoms with Crippen LogP contribution in [0.2, 0.25) is 0 Å². The van der Waals surface area contributed by atoms with E-state index in [1.165, 1.54) is 6.07 Å². The summed E-state index contributed by atoms with van der Waals surface area (Å²) >= 11 is 0. The average molecular weight is 263 g/mol. The lowest BCUT2D eigenvalue weighted by Gasteiger charge is -2.15. The highest BCUT2D eigenvalue weighted by atomic mass is 16.5. The van der Waals surface area contributed by atoms with Gasteiger partial charge in [-0.3, -0.25) is 4.79 Å². The second-order valence-corrected chi connectivity index (χ2v) is 4.90. The van der Waals surface area contributed by atoms with Gasteiger partial charge in [-0.05, 0) is 31.4 Å². The van der Waals surface area contributed by atoms with Gasteiger partial charge in [-0.25, -0.2) is 4.79 Å². The number of carboxylic acid groups (broad SMARTS) is 1. The van der Waals surface area contributed by atoms with E-state index in [1.54, 1.807) is 19.1 Å². The Balaban J connectivity index is 2.19. The van der Waals surface area contributed by atoms with Crippen molar-refractivity contribution in [3.63, 3.8) is 0 Å². The van der Waals surface area contributed by atoms with Crippen molar-refractivity contribution in [3.05, 3.63) is 29.3 Å². The number of ether oxygens (including phenoxy) is 1. The first kappa shape index (κ1) is 13.5. The van der Waals surface area contributed by atoms with Gasteiger partial charge in [-0.15, -0.1) is 0 Å². The largest absolute Gasteiger partial charge is 0.478 e. The second kappa shape index (κ2) is 5.40. The molecule has 5 nitrogen and oxygen atoms in total. The Hall–Kier alpha value is -1.88. The van der Waals surface area contributed by atoms with Crippen molar-refractivity contribution in [1.82, 2.24) is 0 Å². The van der Waals surface area contributed by atoms with Crippen LogP contribution in [0.4, 0.5) is 5.69 Å². The van der Waals surface area contributed by atoms with Crippen LogP contribution < -0.4 is 5.32 Å². The summed E-state index contributed by atoms with van der Waals surface area (Å²) < 4.78 is 5.36. The van der Waals surface area contributed by atoms with Gasteiger partial charge in [0.1, 0.15) is 6.10 Å². The topological polar surface area (TPSA) is 75.6 Å². The SMILES string of the molecule is Cc1ccc(NC(=O)C2OCCC2C)c(C(=O)O)c1. The highest BCUT2D eigenvalue weighted by Gasteiger charge is 2.31. The quantitative estimate of drug-likeness (QED) is 0.875. The number of nitrogens with one attached hydrogen (secondary N) is 1. The molecule has 2 rings (SSSR count). The number of carbonyl (C=O) groups excluding carboxylic acids is 1. The fourth-order valence-corrected chi connectivity index (χ4v) is 2.18. The Labute approximate surface area is 111 Å². The van der Waals surface area contributed by atoms with Crippen LogP contribution in [0, 0.1) is 12.8 Å². The van der Waals surface area contributed by atoms with E-state index in [0.717, 1.165) is 12.0 Å². The summed E-state index contributed by atoms with van der Waals surface area (Å²) in [5.41, 5.74) is 1.24. The minimum Gasteiger partial charge on any atom is -0.478 e. The Kier molecular flexibility index (Phi) is 3.85. The number of carboxylic acids is 1. The molecule has 1 aliphatic rings. The molecule has 1 heterocycles. The molecular weight excluding hydrogens is 246 g/mol. The second-order valence-electron chi connectivity index (χ2n) is 4.90. The molecule has 2 atom stereocenters. The molecule has 1 saturated heterocycles. The van der Waals surface area contributed by atoms with E-state index < -0.39 is 12.1 Å². The number of aromatic carboxylic acids is 1. The third-order valence-corrected chi connectivity index (χ3v) is 3.31. The molecule has 102 valence electrons. The predicted molar refractivity (Wildman–Crippen MR) is 70.3 cm³/mol. The summed E-state index contributed by atoms with van der Waals surface area (Å²) in [5.74, 6) is -1.19. The van der Waals surface area contributed by atoms with Crippen molar-refractivity contribution in [2.75, 3.05) is 11.9 Å². The number of hydrogen-bond donors (Lipinski definition) is 2. The summed E-state index contributed by atoms with van der Waals surface area (Å²) in [7, 11) is 0. The molecular formula is C14H17NO4. The van der Waals surface area contributed by atoms with Crippen LogP contribution in [-0.4, -0.2) is 29.7 Å². The van der Waals surface area contributed by atoms with Crippen molar-refractivity contribution < 1.29 is 19.4 Å². The Bertz CT molecular complexity index is 512. The fraction of sp³-hybridized carbons (Fsp3) is 0.429. The zero-order valence-electron chi connectivity index (χ0n) is 11.0. The zero-order valence-corrected chi connectivity index (χ0v) is 11.0. The lowest BCUT2D eigenvalue weighted by atomic mass is 10.0. The van der Waals surface area contributed by atoms with Crippen LogP contribution in [0.5, 0.6) is 0 Å². The monoisotopic (exact) mass is 263 g/mol. The summed E-state index contributed by atoms with van der Waals surface area (Å²) in [6.07, 6.45) is 0.348. The number of benzene rings is 1. The number of amides is 1. The third kappa shape index (κ3) is 2.93. The number of aryl methyl sites for hydroxylation is 1. The molecule has 1 aromatic rings. The molecule has 5 heteroatoms. The van der Waals surface area contributed by atoms with Gasteiger partial charge in [0, 0.05) is 6.61 Å². The number of rotatable bonds is 3. The van der Waals surface area contributed by atoms with E-state index in [2.05, 4.69) is 5.32 Å². The average Bonchev–Trinajstić information content (AvgIpc) is 2.77. The van der Waals surface area contributed by atoms with E-state index in [9.17, 15) is 9.59 Å². The van der Waals surface area contributed by atoms with Gasteiger partial charge in [0.15, 0.2) is 0 Å². The molecule has 0 aliphatic carbocycles. The van der Waals surface area contributed by atoms with Crippen LogP contribution >= 0.6 is 0 Å². The van der Waals surface area contributed by atoms with Crippen LogP contribution in [0.1, 0.15) is 29.3 Å². The lowest BCUT2D eigenvalue weighted by Crippen LogP contribution is -2.31. The first-order valence-corrected chi connectivity index (χ1v) is 6.25. The number of anilines is 1. The fourth-order valence-electron chi connectivity index (χ4n) is 2.18. The summed E-state index contributed by atoms with van der Waals surface area (Å²) in [5, 5.41) is 11.8. The minimum absolute atomic E-state index is 0.0963. The van der Waals surface area contributed by atoms with E-state index in [4.69, 9.17) is 9.84 Å². The van der Waals surface area contributed by atoms with Gasteiger partial charge in [-0.2, -0.15) is 0 Å². The zero-order chi connectivity index (χ0) is 14.0.